The van der Waals surface area contributed by atoms with Gasteiger partial charge in [0.1, 0.15) is 28.7 Å². The molecule has 2 aromatic rings. The highest BCUT2D eigenvalue weighted by molar-refractivity contribution is 5.89. The summed E-state index contributed by atoms with van der Waals surface area (Å²) >= 11 is 0. The predicted octanol–water partition coefficient (Wildman–Crippen LogP) is 3.33. The average Bonchev–Trinajstić information content (AvgIpc) is 3.25. The largest absolute Gasteiger partial charge is 0.478 e. The van der Waals surface area contributed by atoms with Crippen molar-refractivity contribution in [3.8, 4) is 0 Å². The number of nitrogens with zero attached hydrogens (tertiary/aromatic N) is 1. The minimum absolute atomic E-state index is 0.0574. The molecule has 3 rings (SSSR count). The summed E-state index contributed by atoms with van der Waals surface area (Å²) in [5.41, 5.74) is 0.274. The Labute approximate surface area is 142 Å². The van der Waals surface area contributed by atoms with E-state index in [-0.39, 0.29) is 35.3 Å². The maximum Gasteiger partial charge on any atom is 0.339 e. The van der Waals surface area contributed by atoms with E-state index >= 15 is 0 Å². The number of hydrogen-bond acceptors (Lipinski definition) is 3. The molecule has 1 N–H and O–H groups in total. The Morgan fingerprint density at radius 3 is 2.68 bits per heavy atom. The van der Waals surface area contributed by atoms with Crippen molar-refractivity contribution in [1.82, 2.24) is 4.90 Å². The van der Waals surface area contributed by atoms with Crippen molar-refractivity contribution in [3.63, 3.8) is 0 Å². The summed E-state index contributed by atoms with van der Waals surface area (Å²) in [6, 6.07) is 4.62. The number of furan rings is 1. The summed E-state index contributed by atoms with van der Waals surface area (Å²) in [6.45, 7) is 1.65. The molecule has 1 aromatic heterocycles. The minimum Gasteiger partial charge on any atom is -0.478 e. The van der Waals surface area contributed by atoms with E-state index in [1.54, 1.807) is 14.0 Å². The van der Waals surface area contributed by atoms with Gasteiger partial charge in [-0.05, 0) is 49.1 Å². The summed E-state index contributed by atoms with van der Waals surface area (Å²) in [7, 11) is 1.57. The van der Waals surface area contributed by atoms with Crippen molar-refractivity contribution in [2.75, 3.05) is 7.05 Å². The second-order valence-electron chi connectivity index (χ2n) is 6.30. The van der Waals surface area contributed by atoms with Crippen molar-refractivity contribution in [2.24, 2.45) is 5.92 Å². The number of carbonyl (C=O) groups excluding carboxylic acids is 1. The lowest BCUT2D eigenvalue weighted by Crippen LogP contribution is -2.27. The van der Waals surface area contributed by atoms with Crippen LogP contribution in [0.5, 0.6) is 0 Å². The highest BCUT2D eigenvalue weighted by atomic mass is 19.1. The van der Waals surface area contributed by atoms with Crippen LogP contribution in [0.25, 0.3) is 0 Å². The molecule has 0 saturated heterocycles. The molecule has 1 heterocycles. The lowest BCUT2D eigenvalue weighted by molar-refractivity contribution is -0.132. The van der Waals surface area contributed by atoms with Gasteiger partial charge in [-0.1, -0.05) is 0 Å². The smallest absolute Gasteiger partial charge is 0.339 e. The third kappa shape index (κ3) is 3.40. The van der Waals surface area contributed by atoms with Crippen LogP contribution in [-0.2, 0) is 11.3 Å². The summed E-state index contributed by atoms with van der Waals surface area (Å²) < 4.78 is 32.5. The Kier molecular flexibility index (Phi) is 4.32. The normalized spacial score (nSPS) is 18.9. The fraction of sp³-hybridized carbons (Fsp3) is 0.333. The highest BCUT2D eigenvalue weighted by Crippen LogP contribution is 2.49. The van der Waals surface area contributed by atoms with Gasteiger partial charge >= 0.3 is 5.97 Å². The molecule has 1 saturated carbocycles. The maximum atomic E-state index is 13.8. The summed E-state index contributed by atoms with van der Waals surface area (Å²) in [4.78, 5) is 24.9. The van der Waals surface area contributed by atoms with E-state index in [4.69, 9.17) is 9.52 Å². The van der Waals surface area contributed by atoms with E-state index in [2.05, 4.69) is 0 Å². The Morgan fingerprint density at radius 2 is 2.04 bits per heavy atom. The molecule has 0 radical (unpaired) electrons. The topological polar surface area (TPSA) is 70.8 Å². The molecule has 1 aromatic carbocycles. The van der Waals surface area contributed by atoms with Crippen molar-refractivity contribution >= 4 is 11.9 Å². The molecule has 2 atom stereocenters. The van der Waals surface area contributed by atoms with Crippen molar-refractivity contribution in [3.05, 3.63) is 58.5 Å². The van der Waals surface area contributed by atoms with Crippen LogP contribution in [0.1, 0.15) is 39.8 Å². The molecule has 7 heteroatoms. The number of amides is 1. The third-order valence-electron chi connectivity index (χ3n) is 4.43. The van der Waals surface area contributed by atoms with Crippen molar-refractivity contribution in [1.29, 1.82) is 0 Å². The number of rotatable bonds is 5. The van der Waals surface area contributed by atoms with Crippen molar-refractivity contribution < 1.29 is 27.9 Å². The molecule has 25 heavy (non-hydrogen) atoms. The van der Waals surface area contributed by atoms with Crippen LogP contribution in [0.2, 0.25) is 0 Å². The maximum absolute atomic E-state index is 13.8. The first-order valence-electron chi connectivity index (χ1n) is 7.80. The van der Waals surface area contributed by atoms with Crippen LogP contribution < -0.4 is 0 Å². The van der Waals surface area contributed by atoms with E-state index in [1.165, 1.54) is 11.0 Å². The third-order valence-corrected chi connectivity index (χ3v) is 4.43. The molecule has 2 unspecified atom stereocenters. The van der Waals surface area contributed by atoms with Gasteiger partial charge in [0.15, 0.2) is 0 Å². The molecule has 1 fully saturated rings. The van der Waals surface area contributed by atoms with E-state index in [0.29, 0.717) is 12.2 Å². The second-order valence-corrected chi connectivity index (χ2v) is 6.30. The minimum atomic E-state index is -1.09. The first-order valence-corrected chi connectivity index (χ1v) is 7.80. The van der Waals surface area contributed by atoms with Crippen LogP contribution in [0.4, 0.5) is 8.78 Å². The molecule has 0 aliphatic heterocycles. The van der Waals surface area contributed by atoms with Crippen LogP contribution in [0.15, 0.2) is 28.7 Å². The van der Waals surface area contributed by atoms with Gasteiger partial charge in [0.2, 0.25) is 5.91 Å². The van der Waals surface area contributed by atoms with Gasteiger partial charge in [-0.25, -0.2) is 13.6 Å². The number of carbonyl (C=O) groups is 2. The second kappa shape index (κ2) is 6.31. The van der Waals surface area contributed by atoms with Crippen molar-refractivity contribution in [2.45, 2.75) is 25.8 Å². The number of benzene rings is 1. The monoisotopic (exact) mass is 349 g/mol. The number of halogens is 2. The Morgan fingerprint density at radius 1 is 1.32 bits per heavy atom. The molecule has 0 bridgehead atoms. The van der Waals surface area contributed by atoms with Crippen LogP contribution in [-0.4, -0.2) is 28.9 Å². The Balaban J connectivity index is 1.67. The summed E-state index contributed by atoms with van der Waals surface area (Å²) in [6.07, 6.45) is 0.459. The van der Waals surface area contributed by atoms with Gasteiger partial charge in [0.05, 0.1) is 6.54 Å². The Bertz CT molecular complexity index is 846. The molecule has 1 amide bonds. The van der Waals surface area contributed by atoms with Gasteiger partial charge in [-0.15, -0.1) is 0 Å². The van der Waals surface area contributed by atoms with Crippen LogP contribution in [0, 0.1) is 24.5 Å². The van der Waals surface area contributed by atoms with E-state index in [9.17, 15) is 18.4 Å². The molecule has 1 aliphatic rings. The summed E-state index contributed by atoms with van der Waals surface area (Å²) in [5.74, 6) is -2.46. The zero-order chi connectivity index (χ0) is 18.3. The first-order chi connectivity index (χ1) is 11.8. The van der Waals surface area contributed by atoms with Crippen LogP contribution in [0.3, 0.4) is 0 Å². The lowest BCUT2D eigenvalue weighted by Gasteiger charge is -2.16. The molecule has 5 nitrogen and oxygen atoms in total. The first kappa shape index (κ1) is 17.1. The number of aromatic carboxylic acids is 1. The fourth-order valence-corrected chi connectivity index (χ4v) is 3.04. The Hall–Kier alpha value is -2.70. The molecular weight excluding hydrogens is 332 g/mol. The van der Waals surface area contributed by atoms with E-state index in [0.717, 1.165) is 18.2 Å². The zero-order valence-electron chi connectivity index (χ0n) is 13.8. The standard InChI is InChI=1S/C18H17F2NO4/c1-9-12(18(23)24)6-11(25-9)8-21(2)17(22)15-7-13(15)14-5-10(19)3-4-16(14)20/h3-6,13,15H,7-8H2,1-2H3,(H,23,24). The van der Waals surface area contributed by atoms with Gasteiger partial charge in [0, 0.05) is 13.0 Å². The quantitative estimate of drug-likeness (QED) is 0.899. The number of aryl methyl sites for hydroxylation is 1. The molecular formula is C18H17F2NO4. The SMILES string of the molecule is Cc1oc(CN(C)C(=O)C2CC2c2cc(F)ccc2F)cc1C(=O)O. The fourth-order valence-electron chi connectivity index (χ4n) is 3.04. The lowest BCUT2D eigenvalue weighted by atomic mass is 10.1. The average molecular weight is 349 g/mol. The molecule has 1 aliphatic carbocycles. The predicted molar refractivity (Wildman–Crippen MR) is 84.1 cm³/mol. The summed E-state index contributed by atoms with van der Waals surface area (Å²) in [5, 5.41) is 9.02. The molecule has 132 valence electrons. The van der Waals surface area contributed by atoms with Gasteiger partial charge in [-0.3, -0.25) is 4.79 Å². The van der Waals surface area contributed by atoms with Gasteiger partial charge in [0.25, 0.3) is 0 Å². The zero-order valence-corrected chi connectivity index (χ0v) is 13.8. The number of carboxylic acid groups (broad SMARTS) is 1. The van der Waals surface area contributed by atoms with Gasteiger partial charge in [-0.2, -0.15) is 0 Å². The van der Waals surface area contributed by atoms with Gasteiger partial charge < -0.3 is 14.4 Å². The van der Waals surface area contributed by atoms with E-state index in [1.807, 2.05) is 0 Å². The number of hydrogen-bond donors (Lipinski definition) is 1. The van der Waals surface area contributed by atoms with E-state index < -0.39 is 23.5 Å². The molecule has 0 spiro atoms. The highest BCUT2D eigenvalue weighted by Gasteiger charge is 2.46. The van der Waals surface area contributed by atoms with Crippen LogP contribution >= 0.6 is 0 Å². The number of carboxylic acids is 1.